The highest BCUT2D eigenvalue weighted by Gasteiger charge is 2.34. The average Bonchev–Trinajstić information content (AvgIpc) is 3.08. The zero-order valence-corrected chi connectivity index (χ0v) is 18.5. The Bertz CT molecular complexity index is 1030. The van der Waals surface area contributed by atoms with Crippen molar-refractivity contribution in [1.29, 1.82) is 5.41 Å². The van der Waals surface area contributed by atoms with Gasteiger partial charge in [-0.1, -0.05) is 24.3 Å². The maximum atomic E-state index is 13.2. The predicted molar refractivity (Wildman–Crippen MR) is 123 cm³/mol. The summed E-state index contributed by atoms with van der Waals surface area (Å²) in [4.78, 5) is 26.2. The first kappa shape index (κ1) is 24.0. The lowest BCUT2D eigenvalue weighted by molar-refractivity contribution is -0.140. The van der Waals surface area contributed by atoms with Gasteiger partial charge in [0.15, 0.2) is 0 Å². The first-order chi connectivity index (χ1) is 14.3. The number of nitrogen functional groups attached to an aromatic ring is 1. The number of benzene rings is 2. The van der Waals surface area contributed by atoms with Crippen LogP contribution >= 0.6 is 12.4 Å². The number of ether oxygens (including phenoxy) is 2. The minimum absolute atomic E-state index is 0. The second-order valence-electron chi connectivity index (χ2n) is 7.08. The van der Waals surface area contributed by atoms with E-state index in [0.717, 1.165) is 22.4 Å². The Labute approximate surface area is 187 Å². The van der Waals surface area contributed by atoms with E-state index < -0.39 is 0 Å². The molecule has 8 heteroatoms. The first-order valence-electron chi connectivity index (χ1n) is 9.56. The number of amides is 1. The highest BCUT2D eigenvalue weighted by atomic mass is 35.5. The first-order valence-corrected chi connectivity index (χ1v) is 9.56. The molecule has 0 fully saturated rings. The summed E-state index contributed by atoms with van der Waals surface area (Å²) in [6, 6.07) is 12.9. The fourth-order valence-electron chi connectivity index (χ4n) is 3.51. The molecule has 1 heterocycles. The van der Waals surface area contributed by atoms with E-state index in [1.54, 1.807) is 30.2 Å². The van der Waals surface area contributed by atoms with Crippen molar-refractivity contribution in [3.8, 4) is 0 Å². The van der Waals surface area contributed by atoms with Crippen molar-refractivity contribution in [1.82, 2.24) is 0 Å². The van der Waals surface area contributed by atoms with Crippen LogP contribution in [0.15, 0.2) is 48.2 Å². The van der Waals surface area contributed by atoms with Gasteiger partial charge < -0.3 is 20.1 Å². The van der Waals surface area contributed by atoms with Crippen LogP contribution in [0.3, 0.4) is 0 Å². The fraction of sp³-hybridized carbons (Fsp3) is 0.261. The molecule has 0 saturated heterocycles. The molecule has 7 nitrogen and oxygen atoms in total. The molecule has 1 aliphatic heterocycles. The van der Waals surface area contributed by atoms with E-state index in [-0.39, 0.29) is 30.1 Å². The number of aryl methyl sites for hydroxylation is 2. The van der Waals surface area contributed by atoms with Crippen molar-refractivity contribution >= 4 is 41.4 Å². The van der Waals surface area contributed by atoms with Crippen molar-refractivity contribution in [2.24, 2.45) is 5.73 Å². The molecule has 0 atom stereocenters. The monoisotopic (exact) mass is 443 g/mol. The molecule has 2 aromatic carbocycles. The van der Waals surface area contributed by atoms with Gasteiger partial charge in [-0.25, -0.2) is 0 Å². The lowest BCUT2D eigenvalue weighted by atomic mass is 10.0. The fourth-order valence-corrected chi connectivity index (χ4v) is 3.51. The smallest absolute Gasteiger partial charge is 0.305 e. The molecular formula is C23H26ClN3O4. The van der Waals surface area contributed by atoms with E-state index in [1.165, 1.54) is 7.11 Å². The maximum Gasteiger partial charge on any atom is 0.305 e. The van der Waals surface area contributed by atoms with Crippen LogP contribution in [-0.2, 0) is 25.5 Å². The molecule has 0 bridgehead atoms. The largest absolute Gasteiger partial charge is 0.498 e. The van der Waals surface area contributed by atoms with E-state index in [2.05, 4.69) is 4.74 Å². The van der Waals surface area contributed by atoms with Gasteiger partial charge in [-0.2, -0.15) is 0 Å². The van der Waals surface area contributed by atoms with E-state index in [9.17, 15) is 9.59 Å². The van der Waals surface area contributed by atoms with Gasteiger partial charge in [-0.15, -0.1) is 12.4 Å². The third kappa shape index (κ3) is 5.06. The summed E-state index contributed by atoms with van der Waals surface area (Å²) >= 11 is 0. The van der Waals surface area contributed by atoms with Gasteiger partial charge in [0.1, 0.15) is 11.6 Å². The van der Waals surface area contributed by atoms with Gasteiger partial charge in [0.25, 0.3) is 5.91 Å². The molecule has 2 aromatic rings. The molecule has 0 aromatic heterocycles. The number of halogens is 1. The Morgan fingerprint density at radius 2 is 1.84 bits per heavy atom. The molecule has 0 radical (unpaired) electrons. The number of esters is 1. The second-order valence-corrected chi connectivity index (χ2v) is 7.08. The zero-order chi connectivity index (χ0) is 21.8. The van der Waals surface area contributed by atoms with Gasteiger partial charge in [-0.05, 0) is 48.2 Å². The van der Waals surface area contributed by atoms with E-state index in [0.29, 0.717) is 36.3 Å². The highest BCUT2D eigenvalue weighted by molar-refractivity contribution is 6.29. The van der Waals surface area contributed by atoms with Gasteiger partial charge in [-0.3, -0.25) is 15.0 Å². The number of nitrogens with two attached hydrogens (primary N) is 1. The Kier molecular flexibility index (Phi) is 7.83. The minimum Gasteiger partial charge on any atom is -0.498 e. The number of hydrogen-bond acceptors (Lipinski definition) is 5. The third-order valence-electron chi connectivity index (χ3n) is 5.17. The van der Waals surface area contributed by atoms with Crippen LogP contribution in [0.5, 0.6) is 0 Å². The van der Waals surface area contributed by atoms with Crippen LogP contribution in [0.4, 0.5) is 5.69 Å². The number of methoxy groups -OCH3 is 2. The predicted octanol–water partition coefficient (Wildman–Crippen LogP) is 3.21. The molecule has 0 spiro atoms. The third-order valence-corrected chi connectivity index (χ3v) is 5.17. The Morgan fingerprint density at radius 1 is 1.16 bits per heavy atom. The molecule has 164 valence electrons. The van der Waals surface area contributed by atoms with E-state index in [1.807, 2.05) is 31.2 Å². The summed E-state index contributed by atoms with van der Waals surface area (Å²) in [7, 11) is 2.93. The van der Waals surface area contributed by atoms with Crippen LogP contribution in [0.1, 0.15) is 28.7 Å². The van der Waals surface area contributed by atoms with Crippen LogP contribution in [0.2, 0.25) is 0 Å². The van der Waals surface area contributed by atoms with Gasteiger partial charge in [0.05, 0.1) is 26.3 Å². The van der Waals surface area contributed by atoms with E-state index >= 15 is 0 Å². The number of nitrogens with zero attached hydrogens (tertiary/aromatic N) is 1. The minimum atomic E-state index is -0.253. The molecule has 0 aliphatic carbocycles. The van der Waals surface area contributed by atoms with Gasteiger partial charge >= 0.3 is 5.97 Å². The molecule has 3 rings (SSSR count). The summed E-state index contributed by atoms with van der Waals surface area (Å²) in [6.07, 6.45) is 0.884. The number of carbonyl (C=O) groups is 2. The standard InChI is InChI=1S/C23H25N3O4.ClH/c1-14-12-17(22(24)25)9-10-18(14)26-13-19(29-2)21(23(26)28)16-7-4-15(5-8-16)6-11-20(27)30-3;/h4-5,7-10,12H,6,11,13H2,1-3H3,(H3,24,25);1H. The van der Waals surface area contributed by atoms with Crippen molar-refractivity contribution in [2.45, 2.75) is 19.8 Å². The topological polar surface area (TPSA) is 106 Å². The van der Waals surface area contributed by atoms with Crippen molar-refractivity contribution in [3.63, 3.8) is 0 Å². The highest BCUT2D eigenvalue weighted by Crippen LogP contribution is 2.34. The van der Waals surface area contributed by atoms with Crippen LogP contribution in [0.25, 0.3) is 5.57 Å². The van der Waals surface area contributed by atoms with Crippen LogP contribution < -0.4 is 10.6 Å². The van der Waals surface area contributed by atoms with Crippen molar-refractivity contribution in [3.05, 3.63) is 70.5 Å². The molecule has 0 saturated carbocycles. The summed E-state index contributed by atoms with van der Waals surface area (Å²) in [5, 5.41) is 7.58. The Balaban J connectivity index is 0.00000341. The summed E-state index contributed by atoms with van der Waals surface area (Å²) in [5.74, 6) is 0.183. The molecule has 3 N–H and O–H groups in total. The van der Waals surface area contributed by atoms with Gasteiger partial charge in [0.2, 0.25) is 0 Å². The van der Waals surface area contributed by atoms with E-state index in [4.69, 9.17) is 15.9 Å². The average molecular weight is 444 g/mol. The van der Waals surface area contributed by atoms with Crippen molar-refractivity contribution < 1.29 is 19.1 Å². The normalized spacial score (nSPS) is 13.1. The lowest BCUT2D eigenvalue weighted by Crippen LogP contribution is -2.27. The number of carbonyl (C=O) groups excluding carboxylic acids is 2. The van der Waals surface area contributed by atoms with Crippen LogP contribution in [0, 0.1) is 12.3 Å². The summed E-state index contributed by atoms with van der Waals surface area (Å²) in [6.45, 7) is 2.21. The molecular weight excluding hydrogens is 418 g/mol. The Morgan fingerprint density at radius 3 is 2.39 bits per heavy atom. The number of rotatable bonds is 7. The number of anilines is 1. The number of hydrogen-bond donors (Lipinski definition) is 2. The summed E-state index contributed by atoms with van der Waals surface area (Å²) < 4.78 is 10.2. The zero-order valence-electron chi connectivity index (χ0n) is 17.7. The number of nitrogens with one attached hydrogen (secondary N) is 1. The SMILES string of the molecule is COC(=O)CCc1ccc(C2=C(OC)CN(c3ccc(C(=N)N)cc3C)C2=O)cc1.Cl. The second kappa shape index (κ2) is 10.1. The molecule has 0 unspecified atom stereocenters. The van der Waals surface area contributed by atoms with Crippen molar-refractivity contribution in [2.75, 3.05) is 25.7 Å². The summed E-state index contributed by atoms with van der Waals surface area (Å²) in [5.41, 5.74) is 10.1. The quantitative estimate of drug-likeness (QED) is 0.388. The lowest BCUT2D eigenvalue weighted by Gasteiger charge is -2.20. The Hall–Kier alpha value is -3.32. The van der Waals surface area contributed by atoms with Crippen LogP contribution in [-0.4, -0.2) is 38.5 Å². The molecule has 31 heavy (non-hydrogen) atoms. The van der Waals surface area contributed by atoms with Gasteiger partial charge in [0, 0.05) is 17.7 Å². The molecule has 1 aliphatic rings. The molecule has 1 amide bonds. The maximum absolute atomic E-state index is 13.2. The number of amidine groups is 1.